The van der Waals surface area contributed by atoms with Crippen molar-refractivity contribution in [1.29, 1.82) is 0 Å². The monoisotopic (exact) mass is 484 g/mol. The number of aryl methyl sites for hydroxylation is 1. The summed E-state index contributed by atoms with van der Waals surface area (Å²) in [7, 11) is -3.64. The van der Waals surface area contributed by atoms with E-state index in [1.54, 1.807) is 18.2 Å². The number of nitrogens with one attached hydrogen (secondary N) is 2. The molecule has 0 aliphatic carbocycles. The van der Waals surface area contributed by atoms with Crippen molar-refractivity contribution in [3.8, 4) is 0 Å². The molecule has 9 heteroatoms. The Morgan fingerprint density at radius 3 is 2.59 bits per heavy atom. The Bertz CT molecular complexity index is 1240. The number of aromatic amines is 1. The van der Waals surface area contributed by atoms with Crippen LogP contribution in [0.5, 0.6) is 0 Å². The quantitative estimate of drug-likeness (QED) is 0.484. The molecule has 34 heavy (non-hydrogen) atoms. The van der Waals surface area contributed by atoms with Crippen molar-refractivity contribution in [3.05, 3.63) is 54.2 Å². The molecule has 1 amide bonds. The minimum Gasteiger partial charge on any atom is -0.378 e. The summed E-state index contributed by atoms with van der Waals surface area (Å²) in [6.07, 6.45) is 2.81. The molecule has 0 atom stereocenters. The van der Waals surface area contributed by atoms with Gasteiger partial charge in [-0.25, -0.2) is 8.42 Å². The number of fused-ring (bicyclic) bond motifs is 1. The van der Waals surface area contributed by atoms with E-state index in [4.69, 9.17) is 4.74 Å². The molecule has 0 bridgehead atoms. The number of anilines is 2. The highest BCUT2D eigenvalue weighted by atomic mass is 32.2. The van der Waals surface area contributed by atoms with Gasteiger partial charge in [-0.15, -0.1) is 0 Å². The van der Waals surface area contributed by atoms with Crippen molar-refractivity contribution in [2.75, 3.05) is 49.6 Å². The van der Waals surface area contributed by atoms with Gasteiger partial charge in [-0.3, -0.25) is 4.79 Å². The molecule has 1 aliphatic heterocycles. The second-order valence-corrected chi connectivity index (χ2v) is 10.2. The van der Waals surface area contributed by atoms with Crippen LogP contribution in [0.2, 0.25) is 0 Å². The Kier molecular flexibility index (Phi) is 7.55. The van der Waals surface area contributed by atoms with Gasteiger partial charge in [0.05, 0.1) is 29.5 Å². The van der Waals surface area contributed by atoms with Crippen LogP contribution in [0, 0.1) is 0 Å². The first-order valence-electron chi connectivity index (χ1n) is 11.8. The molecule has 1 aromatic heterocycles. The van der Waals surface area contributed by atoms with Gasteiger partial charge in [-0.05, 0) is 36.2 Å². The maximum Gasteiger partial charge on any atom is 0.243 e. The Balaban J connectivity index is 1.57. The number of carbonyl (C=O) groups is 1. The molecule has 4 rings (SSSR count). The van der Waals surface area contributed by atoms with Crippen LogP contribution in [-0.2, 0) is 26.0 Å². The van der Waals surface area contributed by atoms with Crippen molar-refractivity contribution in [2.45, 2.75) is 31.6 Å². The summed E-state index contributed by atoms with van der Waals surface area (Å²) >= 11 is 0. The standard InChI is InChI=1S/C25H32N4O4S/c1-3-29(4-2)34(31,32)20-10-11-24(28-13-15-33-16-14-28)23(17-20)27-25(30)12-9-19-18-26-22-8-6-5-7-21(19)22/h5-8,10-11,17-18,26H,3-4,9,12-16H2,1-2H3,(H,27,30). The molecule has 2 N–H and O–H groups in total. The first-order valence-corrected chi connectivity index (χ1v) is 13.2. The number of hydrogen-bond acceptors (Lipinski definition) is 5. The number of para-hydroxylation sites is 1. The average molecular weight is 485 g/mol. The van der Waals surface area contributed by atoms with Crippen LogP contribution in [0.4, 0.5) is 11.4 Å². The highest BCUT2D eigenvalue weighted by Gasteiger charge is 2.24. The average Bonchev–Trinajstić information content (AvgIpc) is 3.27. The molecular weight excluding hydrogens is 452 g/mol. The van der Waals surface area contributed by atoms with Gasteiger partial charge in [-0.1, -0.05) is 32.0 Å². The molecule has 0 unspecified atom stereocenters. The summed E-state index contributed by atoms with van der Waals surface area (Å²) in [4.78, 5) is 18.5. The van der Waals surface area contributed by atoms with E-state index in [1.165, 1.54) is 4.31 Å². The van der Waals surface area contributed by atoms with Crippen LogP contribution in [0.25, 0.3) is 10.9 Å². The van der Waals surface area contributed by atoms with Gasteiger partial charge in [0.1, 0.15) is 0 Å². The van der Waals surface area contributed by atoms with Gasteiger partial charge in [0, 0.05) is 49.7 Å². The molecule has 0 radical (unpaired) electrons. The predicted molar refractivity (Wildman–Crippen MR) is 135 cm³/mol. The molecule has 1 saturated heterocycles. The number of hydrogen-bond donors (Lipinski definition) is 2. The number of sulfonamides is 1. The van der Waals surface area contributed by atoms with Crippen molar-refractivity contribution >= 4 is 38.2 Å². The number of carbonyl (C=O) groups excluding carboxylic acids is 1. The summed E-state index contributed by atoms with van der Waals surface area (Å²) in [5.74, 6) is -0.155. The molecule has 1 fully saturated rings. The van der Waals surface area contributed by atoms with Crippen molar-refractivity contribution in [2.24, 2.45) is 0 Å². The predicted octanol–water partition coefficient (Wildman–Crippen LogP) is 3.61. The summed E-state index contributed by atoms with van der Waals surface area (Å²) in [5, 5.41) is 4.10. The number of rotatable bonds is 9. The number of aromatic nitrogens is 1. The lowest BCUT2D eigenvalue weighted by molar-refractivity contribution is -0.116. The summed E-state index contributed by atoms with van der Waals surface area (Å²) in [6, 6.07) is 13.0. The Morgan fingerprint density at radius 1 is 1.12 bits per heavy atom. The third kappa shape index (κ3) is 5.11. The lowest BCUT2D eigenvalue weighted by Crippen LogP contribution is -2.37. The molecule has 2 aromatic carbocycles. The molecule has 2 heterocycles. The van der Waals surface area contributed by atoms with E-state index in [1.807, 2.05) is 44.3 Å². The molecule has 0 spiro atoms. The summed E-state index contributed by atoms with van der Waals surface area (Å²) in [5.41, 5.74) is 3.44. The number of amides is 1. The van der Waals surface area contributed by atoms with E-state index < -0.39 is 10.0 Å². The largest absolute Gasteiger partial charge is 0.378 e. The second kappa shape index (κ2) is 10.6. The molecule has 3 aromatic rings. The third-order valence-corrected chi connectivity index (χ3v) is 8.28. The fraction of sp³-hybridized carbons (Fsp3) is 0.400. The normalized spacial score (nSPS) is 14.6. The van der Waals surface area contributed by atoms with Crippen molar-refractivity contribution in [3.63, 3.8) is 0 Å². The maximum atomic E-state index is 13.1. The fourth-order valence-corrected chi connectivity index (χ4v) is 5.85. The van der Waals surface area contributed by atoms with E-state index in [9.17, 15) is 13.2 Å². The van der Waals surface area contributed by atoms with Gasteiger partial charge >= 0.3 is 0 Å². The highest BCUT2D eigenvalue weighted by Crippen LogP contribution is 2.31. The fourth-order valence-electron chi connectivity index (χ4n) is 4.37. The van der Waals surface area contributed by atoms with Gasteiger partial charge in [-0.2, -0.15) is 4.31 Å². The van der Waals surface area contributed by atoms with E-state index in [2.05, 4.69) is 15.2 Å². The summed E-state index contributed by atoms with van der Waals surface area (Å²) in [6.45, 7) is 6.95. The Hall–Kier alpha value is -2.88. The molecule has 182 valence electrons. The van der Waals surface area contributed by atoms with Crippen LogP contribution >= 0.6 is 0 Å². The van der Waals surface area contributed by atoms with Crippen LogP contribution in [0.3, 0.4) is 0 Å². The smallest absolute Gasteiger partial charge is 0.243 e. The Morgan fingerprint density at radius 2 is 1.85 bits per heavy atom. The molecular formula is C25H32N4O4S. The number of H-pyrrole nitrogens is 1. The van der Waals surface area contributed by atoms with E-state index in [0.29, 0.717) is 51.5 Å². The third-order valence-electron chi connectivity index (χ3n) is 6.23. The minimum atomic E-state index is -3.64. The van der Waals surface area contributed by atoms with Crippen molar-refractivity contribution < 1.29 is 17.9 Å². The Labute approximate surface area is 200 Å². The first-order chi connectivity index (χ1) is 16.4. The maximum absolute atomic E-state index is 13.1. The molecule has 8 nitrogen and oxygen atoms in total. The van der Waals surface area contributed by atoms with Gasteiger partial charge in [0.15, 0.2) is 0 Å². The lowest BCUT2D eigenvalue weighted by atomic mass is 10.1. The zero-order valence-electron chi connectivity index (χ0n) is 19.7. The zero-order chi connectivity index (χ0) is 24.1. The van der Waals surface area contributed by atoms with E-state index >= 15 is 0 Å². The second-order valence-electron chi connectivity index (χ2n) is 8.28. The highest BCUT2D eigenvalue weighted by molar-refractivity contribution is 7.89. The number of ether oxygens (including phenoxy) is 1. The topological polar surface area (TPSA) is 94.7 Å². The number of benzene rings is 2. The SMILES string of the molecule is CCN(CC)S(=O)(=O)c1ccc(N2CCOCC2)c(NC(=O)CCc2c[nH]c3ccccc23)c1. The summed E-state index contributed by atoms with van der Waals surface area (Å²) < 4.78 is 33.1. The molecule has 1 aliphatic rings. The van der Waals surface area contributed by atoms with Crippen molar-refractivity contribution in [1.82, 2.24) is 9.29 Å². The van der Waals surface area contributed by atoms with Gasteiger partial charge in [0.2, 0.25) is 15.9 Å². The van der Waals surface area contributed by atoms with E-state index in [0.717, 1.165) is 22.2 Å². The number of nitrogens with zero attached hydrogens (tertiary/aromatic N) is 2. The van der Waals surface area contributed by atoms with Gasteiger partial charge < -0.3 is 19.9 Å². The van der Waals surface area contributed by atoms with Crippen LogP contribution in [-0.4, -0.2) is 63.0 Å². The zero-order valence-corrected chi connectivity index (χ0v) is 20.5. The lowest BCUT2D eigenvalue weighted by Gasteiger charge is -2.31. The minimum absolute atomic E-state index is 0.155. The number of morpholine rings is 1. The van der Waals surface area contributed by atoms with E-state index in [-0.39, 0.29) is 17.2 Å². The molecule has 0 saturated carbocycles. The van der Waals surface area contributed by atoms with Gasteiger partial charge in [0.25, 0.3) is 0 Å². The van der Waals surface area contributed by atoms with Crippen LogP contribution in [0.1, 0.15) is 25.8 Å². The van der Waals surface area contributed by atoms with Crippen LogP contribution in [0.15, 0.2) is 53.6 Å². The first kappa shape index (κ1) is 24.3. The van der Waals surface area contributed by atoms with Crippen LogP contribution < -0.4 is 10.2 Å².